The van der Waals surface area contributed by atoms with Gasteiger partial charge >= 0.3 is 6.03 Å². The van der Waals surface area contributed by atoms with Crippen molar-refractivity contribution in [2.45, 2.75) is 13.8 Å². The molecule has 1 heterocycles. The van der Waals surface area contributed by atoms with Gasteiger partial charge in [-0.25, -0.2) is 4.79 Å². The first-order valence-corrected chi connectivity index (χ1v) is 4.84. The second-order valence-corrected chi connectivity index (χ2v) is 2.95. The molecule has 0 saturated carbocycles. The minimum atomic E-state index is -0.127. The Morgan fingerprint density at radius 2 is 2.31 bits per heavy atom. The van der Waals surface area contributed by atoms with Gasteiger partial charge in [-0.05, 0) is 13.8 Å². The summed E-state index contributed by atoms with van der Waals surface area (Å²) in [7, 11) is 0. The molecule has 0 aliphatic carbocycles. The number of nitrogens with zero attached hydrogens (tertiary/aromatic N) is 3. The molecule has 0 atom stereocenters. The monoisotopic (exact) mass is 200 g/mol. The quantitative estimate of drug-likeness (QED) is 0.802. The van der Waals surface area contributed by atoms with E-state index in [1.54, 1.807) is 4.90 Å². The standard InChI is InChI=1S/C7H12N4OS/c1-3-11(4-2)7(12)9-6-5-8-13-10-6/h5H,3-4H2,1-2H3,(H,9,10,12). The summed E-state index contributed by atoms with van der Waals surface area (Å²) < 4.78 is 7.66. The second kappa shape index (κ2) is 4.76. The third-order valence-electron chi connectivity index (χ3n) is 1.65. The number of nitrogens with one attached hydrogen (secondary N) is 1. The van der Waals surface area contributed by atoms with E-state index in [0.29, 0.717) is 18.9 Å². The number of hydrogen-bond acceptors (Lipinski definition) is 4. The molecule has 1 rings (SSSR count). The molecule has 0 bridgehead atoms. The van der Waals surface area contributed by atoms with E-state index in [0.717, 1.165) is 11.7 Å². The third-order valence-corrected chi connectivity index (χ3v) is 2.12. The highest BCUT2D eigenvalue weighted by atomic mass is 32.1. The molecular formula is C7H12N4OS. The minimum absolute atomic E-state index is 0.127. The van der Waals surface area contributed by atoms with Gasteiger partial charge in [-0.3, -0.25) is 5.32 Å². The number of carbonyl (C=O) groups is 1. The minimum Gasteiger partial charge on any atom is -0.325 e. The fraction of sp³-hybridized carbons (Fsp3) is 0.571. The first-order chi connectivity index (χ1) is 6.27. The lowest BCUT2D eigenvalue weighted by molar-refractivity contribution is 0.217. The maximum atomic E-state index is 11.4. The summed E-state index contributed by atoms with van der Waals surface area (Å²) >= 11 is 1.08. The van der Waals surface area contributed by atoms with Crippen LogP contribution in [0.5, 0.6) is 0 Å². The molecule has 5 nitrogen and oxygen atoms in total. The van der Waals surface area contributed by atoms with E-state index in [-0.39, 0.29) is 6.03 Å². The topological polar surface area (TPSA) is 58.1 Å². The molecule has 6 heteroatoms. The lowest BCUT2D eigenvalue weighted by Gasteiger charge is -2.17. The smallest absolute Gasteiger partial charge is 0.323 e. The summed E-state index contributed by atoms with van der Waals surface area (Å²) in [6.45, 7) is 5.25. The molecule has 0 aromatic carbocycles. The van der Waals surface area contributed by atoms with E-state index in [4.69, 9.17) is 0 Å². The molecule has 1 aromatic heterocycles. The Labute approximate surface area is 81.1 Å². The third kappa shape index (κ3) is 2.66. The molecule has 0 spiro atoms. The van der Waals surface area contributed by atoms with Gasteiger partial charge in [0, 0.05) is 13.1 Å². The van der Waals surface area contributed by atoms with E-state index in [2.05, 4.69) is 14.1 Å². The molecule has 1 aromatic rings. The normalized spacial score (nSPS) is 9.69. The summed E-state index contributed by atoms with van der Waals surface area (Å²) in [5, 5.41) is 2.65. The van der Waals surface area contributed by atoms with Gasteiger partial charge in [-0.15, -0.1) is 0 Å². The largest absolute Gasteiger partial charge is 0.325 e. The van der Waals surface area contributed by atoms with Crippen molar-refractivity contribution in [1.29, 1.82) is 0 Å². The van der Waals surface area contributed by atoms with Gasteiger partial charge in [-0.2, -0.15) is 8.75 Å². The fourth-order valence-electron chi connectivity index (χ4n) is 0.919. The number of carbonyl (C=O) groups excluding carboxylic acids is 1. The molecule has 0 aliphatic heterocycles. The van der Waals surface area contributed by atoms with Crippen LogP contribution in [0.4, 0.5) is 10.6 Å². The van der Waals surface area contributed by atoms with Crippen molar-refractivity contribution in [2.24, 2.45) is 0 Å². The molecule has 2 amide bonds. The molecule has 72 valence electrons. The highest BCUT2D eigenvalue weighted by Crippen LogP contribution is 2.03. The highest BCUT2D eigenvalue weighted by molar-refractivity contribution is 6.99. The Balaban J connectivity index is 2.49. The molecule has 0 radical (unpaired) electrons. The summed E-state index contributed by atoms with van der Waals surface area (Å²) in [5.74, 6) is 0.516. The van der Waals surface area contributed by atoms with Crippen LogP contribution in [0.25, 0.3) is 0 Å². The lowest BCUT2D eigenvalue weighted by Crippen LogP contribution is -2.34. The van der Waals surface area contributed by atoms with Crippen LogP contribution in [0.3, 0.4) is 0 Å². The van der Waals surface area contributed by atoms with E-state index in [1.807, 2.05) is 13.8 Å². The molecule has 0 unspecified atom stereocenters. The zero-order valence-electron chi connectivity index (χ0n) is 7.65. The van der Waals surface area contributed by atoms with Gasteiger partial charge in [0.15, 0.2) is 5.82 Å². The van der Waals surface area contributed by atoms with Crippen molar-refractivity contribution in [2.75, 3.05) is 18.4 Å². The number of anilines is 1. The number of hydrogen-bond donors (Lipinski definition) is 1. The van der Waals surface area contributed by atoms with Crippen molar-refractivity contribution >= 4 is 23.6 Å². The van der Waals surface area contributed by atoms with Gasteiger partial charge < -0.3 is 4.90 Å². The molecule has 0 fully saturated rings. The Morgan fingerprint density at radius 3 is 2.77 bits per heavy atom. The molecular weight excluding hydrogens is 188 g/mol. The van der Waals surface area contributed by atoms with E-state index >= 15 is 0 Å². The van der Waals surface area contributed by atoms with Crippen LogP contribution in [0, 0.1) is 0 Å². The van der Waals surface area contributed by atoms with Crippen LogP contribution >= 0.6 is 11.7 Å². The average Bonchev–Trinajstić information content (AvgIpc) is 2.59. The number of urea groups is 1. The van der Waals surface area contributed by atoms with Crippen LogP contribution in [-0.4, -0.2) is 32.8 Å². The first-order valence-electron chi connectivity index (χ1n) is 4.11. The Bertz CT molecular complexity index is 257. The molecule has 1 N–H and O–H groups in total. The zero-order valence-corrected chi connectivity index (χ0v) is 8.47. The zero-order chi connectivity index (χ0) is 9.68. The highest BCUT2D eigenvalue weighted by Gasteiger charge is 2.09. The van der Waals surface area contributed by atoms with Crippen molar-refractivity contribution < 1.29 is 4.79 Å². The summed E-state index contributed by atoms with van der Waals surface area (Å²) in [6.07, 6.45) is 1.53. The average molecular weight is 200 g/mol. The Kier molecular flexibility index (Phi) is 3.63. The number of amides is 2. The molecule has 0 aliphatic rings. The number of aromatic nitrogens is 2. The lowest BCUT2D eigenvalue weighted by atomic mass is 10.5. The summed E-state index contributed by atoms with van der Waals surface area (Å²) in [4.78, 5) is 13.1. The van der Waals surface area contributed by atoms with E-state index in [9.17, 15) is 4.79 Å². The van der Waals surface area contributed by atoms with Crippen molar-refractivity contribution in [1.82, 2.24) is 13.6 Å². The second-order valence-electron chi connectivity index (χ2n) is 2.40. The summed E-state index contributed by atoms with van der Waals surface area (Å²) in [6, 6.07) is -0.127. The van der Waals surface area contributed by atoms with E-state index in [1.165, 1.54) is 6.20 Å². The van der Waals surface area contributed by atoms with E-state index < -0.39 is 0 Å². The predicted molar refractivity (Wildman–Crippen MR) is 51.8 cm³/mol. The van der Waals surface area contributed by atoms with Gasteiger partial charge in [0.1, 0.15) is 0 Å². The Morgan fingerprint density at radius 1 is 1.62 bits per heavy atom. The van der Waals surface area contributed by atoms with Crippen LogP contribution in [0.15, 0.2) is 6.20 Å². The Hall–Kier alpha value is -1.17. The molecule has 13 heavy (non-hydrogen) atoms. The fourth-order valence-corrected chi connectivity index (χ4v) is 1.29. The SMILES string of the molecule is CCN(CC)C(=O)Nc1cnsn1. The van der Waals surface area contributed by atoms with Crippen molar-refractivity contribution in [3.05, 3.63) is 6.20 Å². The van der Waals surface area contributed by atoms with Gasteiger partial charge in [0.2, 0.25) is 0 Å². The van der Waals surface area contributed by atoms with Gasteiger partial charge in [0.05, 0.1) is 17.9 Å². The van der Waals surface area contributed by atoms with Crippen LogP contribution in [0.2, 0.25) is 0 Å². The van der Waals surface area contributed by atoms with Gasteiger partial charge in [0.25, 0.3) is 0 Å². The van der Waals surface area contributed by atoms with Crippen molar-refractivity contribution in [3.8, 4) is 0 Å². The van der Waals surface area contributed by atoms with Crippen LogP contribution < -0.4 is 5.32 Å². The first kappa shape index (κ1) is 9.91. The predicted octanol–water partition coefficient (Wildman–Crippen LogP) is 1.41. The number of rotatable bonds is 3. The summed E-state index contributed by atoms with van der Waals surface area (Å²) in [5.41, 5.74) is 0. The van der Waals surface area contributed by atoms with Gasteiger partial charge in [-0.1, -0.05) is 0 Å². The maximum absolute atomic E-state index is 11.4. The van der Waals surface area contributed by atoms with Crippen LogP contribution in [0.1, 0.15) is 13.8 Å². The maximum Gasteiger partial charge on any atom is 0.323 e. The van der Waals surface area contributed by atoms with Crippen molar-refractivity contribution in [3.63, 3.8) is 0 Å². The van der Waals surface area contributed by atoms with Crippen LogP contribution in [-0.2, 0) is 0 Å². The molecule has 0 saturated heterocycles.